The van der Waals surface area contributed by atoms with Crippen LogP contribution in [0.1, 0.15) is 33.6 Å². The van der Waals surface area contributed by atoms with Crippen molar-refractivity contribution in [2.75, 3.05) is 26.8 Å². The third kappa shape index (κ3) is 4.13. The van der Waals surface area contributed by atoms with Gasteiger partial charge in [0.1, 0.15) is 12.2 Å². The van der Waals surface area contributed by atoms with Crippen molar-refractivity contribution in [3.8, 4) is 0 Å². The zero-order valence-corrected chi connectivity index (χ0v) is 14.0. The molecule has 0 aromatic heterocycles. The van der Waals surface area contributed by atoms with Crippen molar-refractivity contribution in [3.05, 3.63) is 0 Å². The maximum atomic E-state index is 12.0. The molecule has 2 amide bonds. The van der Waals surface area contributed by atoms with Gasteiger partial charge in [-0.15, -0.1) is 0 Å². The van der Waals surface area contributed by atoms with Crippen LogP contribution in [-0.4, -0.2) is 72.4 Å². The minimum atomic E-state index is -0.981. The summed E-state index contributed by atoms with van der Waals surface area (Å²) >= 11 is 0. The largest absolute Gasteiger partial charge is 0.466 e. The fourth-order valence-corrected chi connectivity index (χ4v) is 2.77. The highest BCUT2D eigenvalue weighted by Crippen LogP contribution is 2.25. The molecule has 0 bridgehead atoms. The van der Waals surface area contributed by atoms with Crippen LogP contribution < -0.4 is 0 Å². The van der Waals surface area contributed by atoms with Gasteiger partial charge < -0.3 is 24.0 Å². The average Bonchev–Trinajstić information content (AvgIpc) is 2.86. The van der Waals surface area contributed by atoms with Crippen molar-refractivity contribution in [1.29, 1.82) is 0 Å². The van der Waals surface area contributed by atoms with Crippen molar-refractivity contribution < 1.29 is 28.6 Å². The van der Waals surface area contributed by atoms with Crippen LogP contribution in [0.25, 0.3) is 0 Å². The summed E-state index contributed by atoms with van der Waals surface area (Å²) in [7, 11) is 1.26. The van der Waals surface area contributed by atoms with Gasteiger partial charge in [0.25, 0.3) is 5.91 Å². The number of rotatable bonds is 2. The smallest absolute Gasteiger partial charge is 0.410 e. The van der Waals surface area contributed by atoms with Crippen LogP contribution in [-0.2, 0) is 23.8 Å². The van der Waals surface area contributed by atoms with Crippen molar-refractivity contribution in [2.24, 2.45) is 0 Å². The Morgan fingerprint density at radius 2 is 1.83 bits per heavy atom. The first-order chi connectivity index (χ1) is 10.7. The third-order valence-corrected chi connectivity index (χ3v) is 3.82. The van der Waals surface area contributed by atoms with Crippen LogP contribution in [0.15, 0.2) is 0 Å². The summed E-state index contributed by atoms with van der Waals surface area (Å²) in [5, 5.41) is 0. The Balaban J connectivity index is 1.94. The molecule has 2 rings (SSSR count). The van der Waals surface area contributed by atoms with Gasteiger partial charge in [0, 0.05) is 19.1 Å². The molecule has 0 radical (unpaired) electrons. The number of amides is 2. The molecule has 2 fully saturated rings. The summed E-state index contributed by atoms with van der Waals surface area (Å²) < 4.78 is 15.2. The molecule has 2 heterocycles. The summed E-state index contributed by atoms with van der Waals surface area (Å²) in [6.45, 7) is 6.27. The number of nitrogens with zero attached hydrogens (tertiary/aromatic N) is 2. The van der Waals surface area contributed by atoms with E-state index in [1.54, 1.807) is 4.90 Å². The first-order valence-electron chi connectivity index (χ1n) is 7.71. The molecule has 0 aromatic carbocycles. The molecule has 0 N–H and O–H groups in total. The molecular formula is C15H24N2O6. The van der Waals surface area contributed by atoms with Crippen LogP contribution in [0, 0.1) is 0 Å². The molecule has 2 saturated heterocycles. The van der Waals surface area contributed by atoms with Crippen LogP contribution >= 0.6 is 0 Å². The number of ether oxygens (including phenoxy) is 3. The molecule has 23 heavy (non-hydrogen) atoms. The van der Waals surface area contributed by atoms with Gasteiger partial charge in [-0.2, -0.15) is 0 Å². The zero-order valence-electron chi connectivity index (χ0n) is 14.0. The maximum absolute atomic E-state index is 12.0. The SMILES string of the molecule is COC(=O)C1OCC(=O)N1C1CCN(C(=O)OC(C)(C)C)CC1. The lowest BCUT2D eigenvalue weighted by atomic mass is 10.0. The third-order valence-electron chi connectivity index (χ3n) is 3.82. The number of piperidine rings is 1. The zero-order chi connectivity index (χ0) is 17.2. The number of hydrogen-bond acceptors (Lipinski definition) is 6. The van der Waals surface area contributed by atoms with E-state index in [0.29, 0.717) is 25.9 Å². The second kappa shape index (κ2) is 6.74. The van der Waals surface area contributed by atoms with Crippen molar-refractivity contribution in [3.63, 3.8) is 0 Å². The standard InChI is InChI=1S/C15H24N2O6/c1-15(2,3)23-14(20)16-7-5-10(6-8-16)17-11(18)9-22-12(17)13(19)21-4/h10,12H,5-9H2,1-4H3. The van der Waals surface area contributed by atoms with Gasteiger partial charge in [-0.05, 0) is 33.6 Å². The fourth-order valence-electron chi connectivity index (χ4n) is 2.77. The van der Waals surface area contributed by atoms with Crippen LogP contribution in [0.2, 0.25) is 0 Å². The monoisotopic (exact) mass is 328 g/mol. The highest BCUT2D eigenvalue weighted by molar-refractivity contribution is 5.87. The highest BCUT2D eigenvalue weighted by atomic mass is 16.6. The Labute approximate surface area is 135 Å². The lowest BCUT2D eigenvalue weighted by Gasteiger charge is -2.38. The van der Waals surface area contributed by atoms with Gasteiger partial charge in [-0.1, -0.05) is 0 Å². The van der Waals surface area contributed by atoms with E-state index in [2.05, 4.69) is 4.74 Å². The van der Waals surface area contributed by atoms with E-state index in [0.717, 1.165) is 0 Å². The highest BCUT2D eigenvalue weighted by Gasteiger charge is 2.43. The van der Waals surface area contributed by atoms with Crippen LogP contribution in [0.4, 0.5) is 4.79 Å². The van der Waals surface area contributed by atoms with E-state index in [4.69, 9.17) is 9.47 Å². The van der Waals surface area contributed by atoms with E-state index in [9.17, 15) is 14.4 Å². The predicted molar refractivity (Wildman–Crippen MR) is 79.4 cm³/mol. The summed E-state index contributed by atoms with van der Waals surface area (Å²) in [5.41, 5.74) is -0.539. The first-order valence-corrected chi connectivity index (χ1v) is 7.71. The van der Waals surface area contributed by atoms with E-state index >= 15 is 0 Å². The number of hydrogen-bond donors (Lipinski definition) is 0. The predicted octanol–water partition coefficient (Wildman–Crippen LogP) is 0.744. The van der Waals surface area contributed by atoms with Gasteiger partial charge in [0.2, 0.25) is 6.23 Å². The Morgan fingerprint density at radius 1 is 1.22 bits per heavy atom. The van der Waals surface area contributed by atoms with Crippen LogP contribution in [0.5, 0.6) is 0 Å². The quantitative estimate of drug-likeness (QED) is 0.695. The molecule has 2 aliphatic rings. The molecule has 8 heteroatoms. The number of methoxy groups -OCH3 is 1. The second-order valence-electron chi connectivity index (χ2n) is 6.69. The second-order valence-corrected chi connectivity index (χ2v) is 6.69. The maximum Gasteiger partial charge on any atom is 0.410 e. The molecule has 0 spiro atoms. The van der Waals surface area contributed by atoms with Gasteiger partial charge >= 0.3 is 12.1 Å². The summed E-state index contributed by atoms with van der Waals surface area (Å²) in [6, 6.07) is -0.146. The van der Waals surface area contributed by atoms with Crippen LogP contribution in [0.3, 0.4) is 0 Å². The Kier molecular flexibility index (Phi) is 5.13. The molecule has 0 aliphatic carbocycles. The Bertz CT molecular complexity index is 479. The topological polar surface area (TPSA) is 85.4 Å². The van der Waals surface area contributed by atoms with Crippen molar-refractivity contribution in [1.82, 2.24) is 9.80 Å². The number of carbonyl (C=O) groups excluding carboxylic acids is 3. The number of likely N-dealkylation sites (tertiary alicyclic amines) is 1. The molecule has 2 aliphatic heterocycles. The van der Waals surface area contributed by atoms with Gasteiger partial charge in [-0.3, -0.25) is 4.79 Å². The van der Waals surface area contributed by atoms with Gasteiger partial charge in [0.15, 0.2) is 0 Å². The van der Waals surface area contributed by atoms with Gasteiger partial charge in [0.05, 0.1) is 7.11 Å². The molecule has 0 aromatic rings. The van der Waals surface area contributed by atoms with Crippen molar-refractivity contribution in [2.45, 2.75) is 51.5 Å². The molecule has 130 valence electrons. The molecule has 1 atom stereocenters. The average molecular weight is 328 g/mol. The lowest BCUT2D eigenvalue weighted by molar-refractivity contribution is -0.162. The molecule has 8 nitrogen and oxygen atoms in total. The summed E-state index contributed by atoms with van der Waals surface area (Å²) in [5.74, 6) is -0.804. The Morgan fingerprint density at radius 3 is 2.35 bits per heavy atom. The van der Waals surface area contributed by atoms with Crippen molar-refractivity contribution >= 4 is 18.0 Å². The minimum Gasteiger partial charge on any atom is -0.466 e. The van der Waals surface area contributed by atoms with E-state index in [1.807, 2.05) is 20.8 Å². The van der Waals surface area contributed by atoms with E-state index < -0.39 is 17.8 Å². The summed E-state index contributed by atoms with van der Waals surface area (Å²) in [6.07, 6.45) is -0.195. The minimum absolute atomic E-state index is 0.119. The summed E-state index contributed by atoms with van der Waals surface area (Å²) in [4.78, 5) is 38.8. The van der Waals surface area contributed by atoms with E-state index in [-0.39, 0.29) is 24.6 Å². The van der Waals surface area contributed by atoms with Gasteiger partial charge in [-0.25, -0.2) is 9.59 Å². The molecule has 1 unspecified atom stereocenters. The van der Waals surface area contributed by atoms with E-state index in [1.165, 1.54) is 12.0 Å². The number of carbonyl (C=O) groups is 3. The number of esters is 1. The first kappa shape index (κ1) is 17.5. The lowest BCUT2D eigenvalue weighted by Crippen LogP contribution is -2.52. The normalized spacial score (nSPS) is 23.1. The molecule has 0 saturated carbocycles. The fraction of sp³-hybridized carbons (Fsp3) is 0.800. The molecular weight excluding hydrogens is 304 g/mol. The Hall–Kier alpha value is -1.83.